The first-order valence-electron chi connectivity index (χ1n) is 8.46. The largest absolute Gasteiger partial charge is 0.350 e. The zero-order chi connectivity index (χ0) is 17.9. The van der Waals surface area contributed by atoms with Gasteiger partial charge in [-0.05, 0) is 43.0 Å². The van der Waals surface area contributed by atoms with Crippen molar-refractivity contribution in [1.29, 1.82) is 0 Å². The summed E-state index contributed by atoms with van der Waals surface area (Å²) in [4.78, 5) is 24.2. The molecular formula is C20H23N3O2. The first-order chi connectivity index (χ1) is 12.0. The maximum atomic E-state index is 12.3. The third-order valence-electron chi connectivity index (χ3n) is 4.46. The summed E-state index contributed by atoms with van der Waals surface area (Å²) >= 11 is 0. The molecule has 0 atom stereocenters. The van der Waals surface area contributed by atoms with Gasteiger partial charge in [-0.15, -0.1) is 0 Å². The number of rotatable bonds is 6. The van der Waals surface area contributed by atoms with Gasteiger partial charge in [0.1, 0.15) is 0 Å². The highest BCUT2D eigenvalue weighted by Crippen LogP contribution is 2.32. The number of nitrogens with two attached hydrogens (primary N) is 1. The van der Waals surface area contributed by atoms with Crippen LogP contribution in [-0.4, -0.2) is 17.4 Å². The van der Waals surface area contributed by atoms with Crippen LogP contribution in [0.3, 0.4) is 0 Å². The van der Waals surface area contributed by atoms with Crippen LogP contribution >= 0.6 is 0 Å². The molecule has 0 aliphatic heterocycles. The molecule has 0 heterocycles. The topological polar surface area (TPSA) is 84.2 Å². The van der Waals surface area contributed by atoms with Crippen molar-refractivity contribution in [2.24, 2.45) is 5.73 Å². The quantitative estimate of drug-likeness (QED) is 0.754. The Kier molecular flexibility index (Phi) is 4.86. The van der Waals surface area contributed by atoms with Gasteiger partial charge in [-0.25, -0.2) is 0 Å². The second kappa shape index (κ2) is 7.07. The molecule has 0 aromatic heterocycles. The number of carbonyl (C=O) groups is 2. The molecule has 0 unspecified atom stereocenters. The fourth-order valence-electron chi connectivity index (χ4n) is 2.53. The van der Waals surface area contributed by atoms with E-state index < -0.39 is 5.54 Å². The number of benzene rings is 2. The standard InChI is InChI=1S/C20H23N3O2/c1-14-5-7-15(8-6-14)12-22-18(24)17-4-2-3-16(11-17)13-23-19(25)20(21)9-10-20/h2-8,11H,9-10,12-13,21H2,1H3,(H,22,24)(H,23,25). The van der Waals surface area contributed by atoms with Crippen LogP contribution in [0, 0.1) is 6.92 Å². The van der Waals surface area contributed by atoms with E-state index in [4.69, 9.17) is 5.73 Å². The van der Waals surface area contributed by atoms with Crippen molar-refractivity contribution >= 4 is 11.8 Å². The number of amides is 2. The van der Waals surface area contributed by atoms with Crippen LogP contribution in [0.2, 0.25) is 0 Å². The lowest BCUT2D eigenvalue weighted by Gasteiger charge is -2.11. The van der Waals surface area contributed by atoms with Gasteiger partial charge in [0.05, 0.1) is 5.54 Å². The van der Waals surface area contributed by atoms with Crippen LogP contribution in [0.4, 0.5) is 0 Å². The van der Waals surface area contributed by atoms with Crippen molar-refractivity contribution in [2.75, 3.05) is 0 Å². The normalized spacial score (nSPS) is 14.6. The van der Waals surface area contributed by atoms with Crippen LogP contribution in [0.15, 0.2) is 48.5 Å². The number of nitrogens with one attached hydrogen (secondary N) is 2. The van der Waals surface area contributed by atoms with E-state index >= 15 is 0 Å². The van der Waals surface area contributed by atoms with Gasteiger partial charge in [-0.1, -0.05) is 42.0 Å². The number of aryl methyl sites for hydroxylation is 1. The Morgan fingerprint density at radius 2 is 1.68 bits per heavy atom. The van der Waals surface area contributed by atoms with Gasteiger partial charge < -0.3 is 16.4 Å². The number of hydrogen-bond acceptors (Lipinski definition) is 3. The van der Waals surface area contributed by atoms with Crippen molar-refractivity contribution in [1.82, 2.24) is 10.6 Å². The zero-order valence-corrected chi connectivity index (χ0v) is 14.3. The molecule has 2 aromatic rings. The molecule has 1 aliphatic carbocycles. The summed E-state index contributed by atoms with van der Waals surface area (Å²) in [5, 5.41) is 5.75. The minimum Gasteiger partial charge on any atom is -0.350 e. The molecular weight excluding hydrogens is 314 g/mol. The van der Waals surface area contributed by atoms with Crippen molar-refractivity contribution in [3.63, 3.8) is 0 Å². The van der Waals surface area contributed by atoms with E-state index in [1.807, 2.05) is 43.3 Å². The molecule has 1 fully saturated rings. The van der Waals surface area contributed by atoms with E-state index in [0.717, 1.165) is 24.0 Å². The Bertz CT molecular complexity index is 780. The molecule has 3 rings (SSSR count). The van der Waals surface area contributed by atoms with Crippen LogP contribution in [0.1, 0.15) is 39.9 Å². The average Bonchev–Trinajstić information content (AvgIpc) is 3.38. The van der Waals surface area contributed by atoms with E-state index in [1.165, 1.54) is 5.56 Å². The molecule has 130 valence electrons. The van der Waals surface area contributed by atoms with Gasteiger partial charge in [0.15, 0.2) is 0 Å². The fraction of sp³-hybridized carbons (Fsp3) is 0.300. The van der Waals surface area contributed by atoms with Crippen LogP contribution in [0.5, 0.6) is 0 Å². The summed E-state index contributed by atoms with van der Waals surface area (Å²) in [6.07, 6.45) is 1.47. The zero-order valence-electron chi connectivity index (χ0n) is 14.3. The van der Waals surface area contributed by atoms with E-state index in [0.29, 0.717) is 18.7 Å². The summed E-state index contributed by atoms with van der Waals surface area (Å²) < 4.78 is 0. The minimum absolute atomic E-state index is 0.123. The number of hydrogen-bond donors (Lipinski definition) is 3. The van der Waals surface area contributed by atoms with E-state index in [1.54, 1.807) is 12.1 Å². The lowest BCUT2D eigenvalue weighted by atomic mass is 10.1. The molecule has 2 amide bonds. The first-order valence-corrected chi connectivity index (χ1v) is 8.46. The highest BCUT2D eigenvalue weighted by molar-refractivity contribution is 5.94. The fourth-order valence-corrected chi connectivity index (χ4v) is 2.53. The molecule has 0 radical (unpaired) electrons. The maximum absolute atomic E-state index is 12.3. The van der Waals surface area contributed by atoms with Crippen LogP contribution in [0.25, 0.3) is 0 Å². The maximum Gasteiger partial charge on any atom is 0.251 e. The molecule has 0 saturated heterocycles. The van der Waals surface area contributed by atoms with Crippen LogP contribution in [-0.2, 0) is 17.9 Å². The Balaban J connectivity index is 1.55. The Hall–Kier alpha value is -2.66. The number of carbonyl (C=O) groups excluding carboxylic acids is 2. The monoisotopic (exact) mass is 337 g/mol. The molecule has 5 heteroatoms. The smallest absolute Gasteiger partial charge is 0.251 e. The van der Waals surface area contributed by atoms with E-state index in [9.17, 15) is 9.59 Å². The van der Waals surface area contributed by atoms with Gasteiger partial charge in [-0.2, -0.15) is 0 Å². The molecule has 0 spiro atoms. The third-order valence-corrected chi connectivity index (χ3v) is 4.46. The van der Waals surface area contributed by atoms with Crippen molar-refractivity contribution in [2.45, 2.75) is 38.4 Å². The highest BCUT2D eigenvalue weighted by Gasteiger charge is 2.45. The molecule has 1 saturated carbocycles. The van der Waals surface area contributed by atoms with Gasteiger partial charge in [0.2, 0.25) is 5.91 Å². The van der Waals surface area contributed by atoms with Gasteiger partial charge >= 0.3 is 0 Å². The molecule has 0 bridgehead atoms. The Labute approximate surface area is 147 Å². The molecule has 5 nitrogen and oxygen atoms in total. The highest BCUT2D eigenvalue weighted by atomic mass is 16.2. The molecule has 4 N–H and O–H groups in total. The first kappa shape index (κ1) is 17.2. The molecule has 25 heavy (non-hydrogen) atoms. The summed E-state index contributed by atoms with van der Waals surface area (Å²) in [6, 6.07) is 15.3. The van der Waals surface area contributed by atoms with E-state index in [-0.39, 0.29) is 11.8 Å². The van der Waals surface area contributed by atoms with Crippen molar-refractivity contribution in [3.8, 4) is 0 Å². The molecule has 1 aliphatic rings. The van der Waals surface area contributed by atoms with Gasteiger partial charge in [0.25, 0.3) is 5.91 Å². The van der Waals surface area contributed by atoms with Crippen LogP contribution < -0.4 is 16.4 Å². The lowest BCUT2D eigenvalue weighted by Crippen LogP contribution is -2.42. The Morgan fingerprint density at radius 1 is 1.00 bits per heavy atom. The lowest BCUT2D eigenvalue weighted by molar-refractivity contribution is -0.123. The summed E-state index contributed by atoms with van der Waals surface area (Å²) in [5.74, 6) is -0.257. The SMILES string of the molecule is Cc1ccc(CNC(=O)c2cccc(CNC(=O)C3(N)CC3)c2)cc1. The minimum atomic E-state index is -0.678. The predicted octanol–water partition coefficient (Wildman–Crippen LogP) is 2.03. The second-order valence-electron chi connectivity index (χ2n) is 6.71. The average molecular weight is 337 g/mol. The summed E-state index contributed by atoms with van der Waals surface area (Å²) in [5.41, 5.74) is 8.88. The van der Waals surface area contributed by atoms with E-state index in [2.05, 4.69) is 10.6 Å². The Morgan fingerprint density at radius 3 is 2.36 bits per heavy atom. The van der Waals surface area contributed by atoms with Gasteiger partial charge in [0, 0.05) is 18.7 Å². The second-order valence-corrected chi connectivity index (χ2v) is 6.71. The van der Waals surface area contributed by atoms with Gasteiger partial charge in [-0.3, -0.25) is 9.59 Å². The summed E-state index contributed by atoms with van der Waals surface area (Å²) in [6.45, 7) is 2.88. The van der Waals surface area contributed by atoms with Crippen molar-refractivity contribution in [3.05, 3.63) is 70.8 Å². The molecule has 2 aromatic carbocycles. The third kappa shape index (κ3) is 4.45. The predicted molar refractivity (Wildman–Crippen MR) is 96.8 cm³/mol. The van der Waals surface area contributed by atoms with Crippen molar-refractivity contribution < 1.29 is 9.59 Å². The summed E-state index contributed by atoms with van der Waals surface area (Å²) in [7, 11) is 0.